The Balaban J connectivity index is 2.81. The van der Waals surface area contributed by atoms with Gasteiger partial charge in [-0.05, 0) is 6.92 Å². The van der Waals surface area contributed by atoms with Crippen LogP contribution in [-0.2, 0) is 23.0 Å². The van der Waals surface area contributed by atoms with Crippen LogP contribution in [-0.4, -0.2) is 29.3 Å². The largest absolute Gasteiger partial charge is 0.377 e. The minimum Gasteiger partial charge on any atom is -0.377 e. The molecule has 1 aromatic rings. The summed E-state index contributed by atoms with van der Waals surface area (Å²) in [6, 6.07) is 0. The number of methoxy groups -OCH3 is 1. The fraction of sp³-hybridized carbons (Fsp3) is 0.556. The van der Waals surface area contributed by atoms with Gasteiger partial charge in [0.1, 0.15) is 11.8 Å². The number of rotatable bonds is 4. The summed E-state index contributed by atoms with van der Waals surface area (Å²) in [6.07, 6.45) is 0.284. The number of carbonyl (C=O) groups excluding carboxylic acids is 1. The quantitative estimate of drug-likeness (QED) is 0.758. The third kappa shape index (κ3) is 2.33. The Kier molecular flexibility index (Phi) is 3.66. The van der Waals surface area contributed by atoms with Gasteiger partial charge >= 0.3 is 0 Å². The monoisotopic (exact) mass is 216 g/mol. The molecule has 0 atom stereocenters. The highest BCUT2D eigenvalue weighted by molar-refractivity contribution is 6.30. The van der Waals surface area contributed by atoms with E-state index in [0.29, 0.717) is 5.15 Å². The van der Waals surface area contributed by atoms with E-state index in [1.54, 1.807) is 11.7 Å². The molecule has 0 radical (unpaired) electrons. The van der Waals surface area contributed by atoms with Crippen LogP contribution >= 0.6 is 11.6 Å². The molecule has 0 saturated heterocycles. The van der Waals surface area contributed by atoms with E-state index in [1.165, 1.54) is 7.11 Å². The first-order valence-corrected chi connectivity index (χ1v) is 4.62. The summed E-state index contributed by atoms with van der Waals surface area (Å²) >= 11 is 5.97. The van der Waals surface area contributed by atoms with Crippen molar-refractivity contribution in [1.29, 1.82) is 0 Å². The smallest absolute Gasteiger partial charge is 0.162 e. The van der Waals surface area contributed by atoms with Crippen LogP contribution in [0.2, 0.25) is 5.15 Å². The second-order valence-corrected chi connectivity index (χ2v) is 3.48. The molecule has 78 valence electrons. The molecule has 4 nitrogen and oxygen atoms in total. The first-order chi connectivity index (χ1) is 6.56. The molecule has 0 aliphatic rings. The second kappa shape index (κ2) is 4.57. The Bertz CT molecular complexity index is 347. The average Bonchev–Trinajstić information content (AvgIpc) is 2.33. The van der Waals surface area contributed by atoms with Crippen molar-refractivity contribution in [3.05, 3.63) is 16.4 Å². The molecule has 5 heteroatoms. The van der Waals surface area contributed by atoms with Gasteiger partial charge in [0.25, 0.3) is 0 Å². The van der Waals surface area contributed by atoms with Crippen molar-refractivity contribution in [2.75, 3.05) is 13.7 Å². The van der Waals surface area contributed by atoms with Gasteiger partial charge in [0.05, 0.1) is 5.69 Å². The fourth-order valence-corrected chi connectivity index (χ4v) is 1.53. The molecule has 0 aliphatic carbocycles. The number of hydrogen-bond acceptors (Lipinski definition) is 3. The van der Waals surface area contributed by atoms with Crippen molar-refractivity contribution >= 4 is 17.4 Å². The summed E-state index contributed by atoms with van der Waals surface area (Å²) in [7, 11) is 3.25. The molecule has 0 bridgehead atoms. The van der Waals surface area contributed by atoms with Crippen molar-refractivity contribution in [3.8, 4) is 0 Å². The Morgan fingerprint density at radius 3 is 2.71 bits per heavy atom. The molecule has 1 heterocycles. The lowest BCUT2D eigenvalue weighted by Gasteiger charge is -1.99. The zero-order valence-electron chi connectivity index (χ0n) is 8.50. The molecule has 1 aromatic heterocycles. The van der Waals surface area contributed by atoms with Crippen LogP contribution in [0.3, 0.4) is 0 Å². The van der Waals surface area contributed by atoms with Crippen LogP contribution in [0.4, 0.5) is 0 Å². The van der Waals surface area contributed by atoms with Gasteiger partial charge in [0, 0.05) is 26.1 Å². The third-order valence-corrected chi connectivity index (χ3v) is 2.42. The first kappa shape index (κ1) is 11.2. The van der Waals surface area contributed by atoms with Crippen molar-refractivity contribution in [3.63, 3.8) is 0 Å². The number of ether oxygens (including phenoxy) is 1. The molecule has 0 saturated carbocycles. The van der Waals surface area contributed by atoms with E-state index in [9.17, 15) is 4.79 Å². The van der Waals surface area contributed by atoms with E-state index in [4.69, 9.17) is 16.3 Å². The van der Waals surface area contributed by atoms with Gasteiger partial charge in [0.2, 0.25) is 0 Å². The Morgan fingerprint density at radius 2 is 2.29 bits per heavy atom. The predicted molar refractivity (Wildman–Crippen MR) is 53.5 cm³/mol. The van der Waals surface area contributed by atoms with Crippen LogP contribution in [0, 0.1) is 6.92 Å². The summed E-state index contributed by atoms with van der Waals surface area (Å²) in [6.45, 7) is 1.95. The van der Waals surface area contributed by atoms with Gasteiger partial charge in [-0.2, -0.15) is 5.10 Å². The molecule has 0 fully saturated rings. The zero-order valence-corrected chi connectivity index (χ0v) is 9.26. The highest BCUT2D eigenvalue weighted by Gasteiger charge is 2.14. The first-order valence-electron chi connectivity index (χ1n) is 4.25. The molecule has 0 spiro atoms. The Hall–Kier alpha value is -0.870. The molecule has 0 amide bonds. The minimum atomic E-state index is 0.00509. The van der Waals surface area contributed by atoms with Crippen molar-refractivity contribution in [2.45, 2.75) is 13.3 Å². The highest BCUT2D eigenvalue weighted by atomic mass is 35.5. The molecule has 0 aromatic carbocycles. The summed E-state index contributed by atoms with van der Waals surface area (Å²) in [5, 5.41) is 4.64. The number of ketones is 1. The van der Waals surface area contributed by atoms with E-state index in [-0.39, 0.29) is 18.8 Å². The minimum absolute atomic E-state index is 0.00509. The summed E-state index contributed by atoms with van der Waals surface area (Å²) < 4.78 is 6.30. The normalized spacial score (nSPS) is 10.6. The second-order valence-electron chi connectivity index (χ2n) is 3.13. The third-order valence-electron chi connectivity index (χ3n) is 1.95. The van der Waals surface area contributed by atoms with E-state index >= 15 is 0 Å². The van der Waals surface area contributed by atoms with Crippen LogP contribution in [0.1, 0.15) is 11.3 Å². The number of Topliss-reactive ketones (excluding diaryl/α,β-unsaturated/α-hetero) is 1. The lowest BCUT2D eigenvalue weighted by molar-refractivity contribution is -0.121. The van der Waals surface area contributed by atoms with E-state index in [2.05, 4.69) is 5.10 Å². The van der Waals surface area contributed by atoms with Crippen molar-refractivity contribution < 1.29 is 9.53 Å². The van der Waals surface area contributed by atoms with E-state index in [1.807, 2.05) is 6.92 Å². The number of nitrogens with zero attached hydrogens (tertiary/aromatic N) is 2. The Labute approximate surface area is 87.8 Å². The maximum Gasteiger partial charge on any atom is 0.162 e. The zero-order chi connectivity index (χ0) is 10.7. The van der Waals surface area contributed by atoms with Gasteiger partial charge < -0.3 is 4.74 Å². The number of hydrogen-bond donors (Lipinski definition) is 0. The number of aryl methyl sites for hydroxylation is 2. The van der Waals surface area contributed by atoms with Crippen LogP contribution < -0.4 is 0 Å². The van der Waals surface area contributed by atoms with Crippen LogP contribution in [0.5, 0.6) is 0 Å². The SMILES string of the molecule is COCC(=O)Cc1c(C)nn(C)c1Cl. The molecule has 0 unspecified atom stereocenters. The van der Waals surface area contributed by atoms with Crippen molar-refractivity contribution in [2.24, 2.45) is 7.05 Å². The summed E-state index contributed by atoms with van der Waals surface area (Å²) in [4.78, 5) is 11.3. The lowest BCUT2D eigenvalue weighted by Crippen LogP contribution is -2.10. The standard InChI is InChI=1S/C9H13ClN2O2/c1-6-8(4-7(13)5-14-3)9(10)12(2)11-6/h4-5H2,1-3H3. The van der Waals surface area contributed by atoms with Crippen LogP contribution in [0.15, 0.2) is 0 Å². The Morgan fingerprint density at radius 1 is 1.64 bits per heavy atom. The highest BCUT2D eigenvalue weighted by Crippen LogP contribution is 2.19. The van der Waals surface area contributed by atoms with Gasteiger partial charge in [-0.3, -0.25) is 9.48 Å². The predicted octanol–water partition coefficient (Wildman–Crippen LogP) is 1.14. The lowest BCUT2D eigenvalue weighted by atomic mass is 10.1. The number of carbonyl (C=O) groups is 1. The van der Waals surface area contributed by atoms with Crippen LogP contribution in [0.25, 0.3) is 0 Å². The number of halogens is 1. The van der Waals surface area contributed by atoms with Gasteiger partial charge in [-0.25, -0.2) is 0 Å². The fourth-order valence-electron chi connectivity index (χ4n) is 1.28. The summed E-state index contributed by atoms with van der Waals surface area (Å²) in [5.74, 6) is 0.00509. The van der Waals surface area contributed by atoms with Gasteiger partial charge in [-0.15, -0.1) is 0 Å². The van der Waals surface area contributed by atoms with Gasteiger partial charge in [-0.1, -0.05) is 11.6 Å². The van der Waals surface area contributed by atoms with E-state index in [0.717, 1.165) is 11.3 Å². The maximum atomic E-state index is 11.3. The molecule has 0 aliphatic heterocycles. The molecule has 1 rings (SSSR count). The van der Waals surface area contributed by atoms with Gasteiger partial charge in [0.15, 0.2) is 5.78 Å². The maximum absolute atomic E-state index is 11.3. The molecule has 14 heavy (non-hydrogen) atoms. The summed E-state index contributed by atoms with van der Waals surface area (Å²) in [5.41, 5.74) is 1.58. The number of aromatic nitrogens is 2. The van der Waals surface area contributed by atoms with Crippen molar-refractivity contribution in [1.82, 2.24) is 9.78 Å². The molecule has 0 N–H and O–H groups in total. The molecular formula is C9H13ClN2O2. The average molecular weight is 217 g/mol. The van der Waals surface area contributed by atoms with E-state index < -0.39 is 0 Å². The topological polar surface area (TPSA) is 44.1 Å². The molecular weight excluding hydrogens is 204 g/mol.